The van der Waals surface area contributed by atoms with Crippen molar-refractivity contribution in [3.05, 3.63) is 11.5 Å². The van der Waals surface area contributed by atoms with Gasteiger partial charge in [-0.05, 0) is 11.8 Å². The molecule has 1 aliphatic heterocycles. The van der Waals surface area contributed by atoms with Crippen LogP contribution in [0.4, 0.5) is 4.79 Å². The Morgan fingerprint density at radius 1 is 1.86 bits per heavy atom. The third-order valence-electron chi connectivity index (χ3n) is 0.532. The summed E-state index contributed by atoms with van der Waals surface area (Å²) in [7, 11) is 0. The molecule has 0 aromatic rings. The van der Waals surface area contributed by atoms with Crippen LogP contribution in [0.1, 0.15) is 0 Å². The lowest BCUT2D eigenvalue weighted by molar-refractivity contribution is 0.268. The van der Waals surface area contributed by atoms with E-state index in [1.807, 2.05) is 0 Å². The van der Waals surface area contributed by atoms with Gasteiger partial charge in [0.05, 0.1) is 0 Å². The van der Waals surface area contributed by atoms with Crippen molar-refractivity contribution in [3.63, 3.8) is 0 Å². The Labute approximate surface area is 45.3 Å². The van der Waals surface area contributed by atoms with E-state index >= 15 is 0 Å². The van der Waals surface area contributed by atoms with Crippen molar-refractivity contribution in [2.45, 2.75) is 0 Å². The van der Waals surface area contributed by atoms with Gasteiger partial charge in [-0.15, -0.1) is 0 Å². The van der Waals surface area contributed by atoms with Crippen LogP contribution in [0, 0.1) is 0 Å². The lowest BCUT2D eigenvalue weighted by atomic mass is 10.7. The first-order valence-electron chi connectivity index (χ1n) is 1.74. The van der Waals surface area contributed by atoms with Crippen LogP contribution in [-0.2, 0) is 0 Å². The molecule has 0 radical (unpaired) electrons. The first kappa shape index (κ1) is 4.59. The van der Waals surface area contributed by atoms with Crippen molar-refractivity contribution in [2.24, 2.45) is 4.99 Å². The molecular weight excluding hydrogens is 110 g/mol. The maximum Gasteiger partial charge on any atom is 0.309 e. The molecule has 0 aromatic carbocycles. The molecule has 0 fully saturated rings. The van der Waals surface area contributed by atoms with Gasteiger partial charge >= 0.3 is 5.24 Å². The van der Waals surface area contributed by atoms with E-state index in [4.69, 9.17) is 0 Å². The molecule has 1 amide bonds. The van der Waals surface area contributed by atoms with Crippen LogP contribution < -0.4 is 0 Å². The zero-order valence-corrected chi connectivity index (χ0v) is 4.36. The second kappa shape index (κ2) is 1.50. The van der Waals surface area contributed by atoms with Crippen LogP contribution >= 0.6 is 11.8 Å². The molecule has 0 saturated heterocycles. The summed E-state index contributed by atoms with van der Waals surface area (Å²) in [4.78, 5) is 14.3. The fourth-order valence-corrected chi connectivity index (χ4v) is 0.725. The number of allylic oxidation sites excluding steroid dienone is 1. The zero-order chi connectivity index (χ0) is 5.28. The van der Waals surface area contributed by atoms with Crippen LogP contribution in [0.3, 0.4) is 0 Å². The third-order valence-corrected chi connectivity index (χ3v) is 1.18. The van der Waals surface area contributed by atoms with E-state index in [1.165, 1.54) is 6.21 Å². The normalized spacial score (nSPS) is 18.9. The average molecular weight is 113 g/mol. The van der Waals surface area contributed by atoms with Gasteiger partial charge in [0.25, 0.3) is 0 Å². The van der Waals surface area contributed by atoms with E-state index in [2.05, 4.69) is 11.6 Å². The van der Waals surface area contributed by atoms with Gasteiger partial charge in [-0.2, -0.15) is 0 Å². The Kier molecular flexibility index (Phi) is 0.982. The summed E-state index contributed by atoms with van der Waals surface area (Å²) in [5, 5.41) is -0.162. The zero-order valence-electron chi connectivity index (χ0n) is 3.55. The number of nitrogens with zero attached hydrogens (tertiary/aromatic N) is 1. The molecule has 0 bridgehead atoms. The number of amides is 1. The van der Waals surface area contributed by atoms with Gasteiger partial charge in [-0.1, -0.05) is 6.58 Å². The van der Waals surface area contributed by atoms with Crippen LogP contribution in [0.15, 0.2) is 16.5 Å². The van der Waals surface area contributed by atoms with Crippen molar-refractivity contribution in [1.29, 1.82) is 0 Å². The van der Waals surface area contributed by atoms with E-state index in [9.17, 15) is 4.79 Å². The van der Waals surface area contributed by atoms with Crippen LogP contribution in [0.2, 0.25) is 0 Å². The predicted octanol–water partition coefficient (Wildman–Crippen LogP) is 1.44. The molecule has 0 aromatic heterocycles. The van der Waals surface area contributed by atoms with E-state index in [1.54, 1.807) is 0 Å². The lowest BCUT2D eigenvalue weighted by Crippen LogP contribution is -1.66. The van der Waals surface area contributed by atoms with Crippen molar-refractivity contribution in [2.75, 3.05) is 0 Å². The number of rotatable bonds is 0. The summed E-state index contributed by atoms with van der Waals surface area (Å²) in [6.45, 7) is 3.50. The Balaban J connectivity index is 2.76. The first-order chi connectivity index (χ1) is 3.29. The number of carbonyl (C=O) groups excluding carboxylic acids is 1. The van der Waals surface area contributed by atoms with E-state index in [-0.39, 0.29) is 5.24 Å². The summed E-state index contributed by atoms with van der Waals surface area (Å²) in [5.74, 6) is 0. The molecule has 3 heteroatoms. The molecule has 7 heavy (non-hydrogen) atoms. The third kappa shape index (κ3) is 0.899. The Morgan fingerprint density at radius 2 is 2.57 bits per heavy atom. The lowest BCUT2D eigenvalue weighted by Gasteiger charge is -1.74. The minimum Gasteiger partial charge on any atom is -0.259 e. The molecule has 0 unspecified atom stereocenters. The van der Waals surface area contributed by atoms with Crippen LogP contribution in [0.25, 0.3) is 0 Å². The molecule has 36 valence electrons. The molecule has 2 nitrogen and oxygen atoms in total. The summed E-state index contributed by atoms with van der Waals surface area (Å²) in [5.41, 5.74) is 0. The molecule has 0 saturated carbocycles. The molecule has 1 rings (SSSR count). The number of carbonyl (C=O) groups is 1. The minimum atomic E-state index is -0.162. The fraction of sp³-hybridized carbons (Fsp3) is 0. The minimum absolute atomic E-state index is 0.162. The highest BCUT2D eigenvalue weighted by Gasteiger charge is 2.06. The highest BCUT2D eigenvalue weighted by Crippen LogP contribution is 2.19. The molecule has 1 aliphatic rings. The quantitative estimate of drug-likeness (QED) is 0.475. The molecule has 1 heterocycles. The number of hydrogen-bond donors (Lipinski definition) is 0. The van der Waals surface area contributed by atoms with Crippen LogP contribution in [-0.4, -0.2) is 11.5 Å². The largest absolute Gasteiger partial charge is 0.309 e. The first-order valence-corrected chi connectivity index (χ1v) is 2.55. The standard InChI is InChI=1S/C4H3NOS/c1-3-2-5-4(6)7-3/h2H,1H2. The maximum atomic E-state index is 10.2. The van der Waals surface area contributed by atoms with E-state index in [0.717, 1.165) is 16.7 Å². The van der Waals surface area contributed by atoms with E-state index in [0.29, 0.717) is 0 Å². The molecular formula is C4H3NOS. The van der Waals surface area contributed by atoms with Gasteiger partial charge < -0.3 is 0 Å². The highest BCUT2D eigenvalue weighted by molar-refractivity contribution is 8.18. The second-order valence-corrected chi connectivity index (χ2v) is 2.17. The molecule has 0 N–H and O–H groups in total. The van der Waals surface area contributed by atoms with Crippen molar-refractivity contribution >= 4 is 23.2 Å². The topological polar surface area (TPSA) is 29.4 Å². The number of thioether (sulfide) groups is 1. The van der Waals surface area contributed by atoms with Gasteiger partial charge in [-0.25, -0.2) is 4.99 Å². The predicted molar refractivity (Wildman–Crippen MR) is 30.6 cm³/mol. The fourth-order valence-electron chi connectivity index (χ4n) is 0.290. The van der Waals surface area contributed by atoms with E-state index < -0.39 is 0 Å². The Hall–Kier alpha value is -0.570. The second-order valence-electron chi connectivity index (χ2n) is 1.09. The summed E-state index contributed by atoms with van der Waals surface area (Å²) in [6.07, 6.45) is 1.47. The Morgan fingerprint density at radius 3 is 2.71 bits per heavy atom. The summed E-state index contributed by atoms with van der Waals surface area (Å²) >= 11 is 1.06. The van der Waals surface area contributed by atoms with Crippen molar-refractivity contribution in [3.8, 4) is 0 Å². The van der Waals surface area contributed by atoms with Gasteiger partial charge in [0.1, 0.15) is 0 Å². The molecule has 0 spiro atoms. The monoisotopic (exact) mass is 113 g/mol. The molecule has 0 aliphatic carbocycles. The van der Waals surface area contributed by atoms with Crippen molar-refractivity contribution < 1.29 is 4.79 Å². The Bertz CT molecular complexity index is 134. The maximum absolute atomic E-state index is 10.2. The van der Waals surface area contributed by atoms with Gasteiger partial charge in [0.15, 0.2) is 0 Å². The number of hydrogen-bond acceptors (Lipinski definition) is 2. The summed E-state index contributed by atoms with van der Waals surface area (Å²) < 4.78 is 0. The number of aliphatic imine (C=N–C) groups is 1. The average Bonchev–Trinajstić information content (AvgIpc) is 1.87. The SMILES string of the molecule is C=C1C=NC(=O)S1. The van der Waals surface area contributed by atoms with Gasteiger partial charge in [0.2, 0.25) is 0 Å². The van der Waals surface area contributed by atoms with Gasteiger partial charge in [-0.3, -0.25) is 4.79 Å². The summed E-state index contributed by atoms with van der Waals surface area (Å²) in [6, 6.07) is 0. The molecule has 0 atom stereocenters. The smallest absolute Gasteiger partial charge is 0.259 e. The highest BCUT2D eigenvalue weighted by atomic mass is 32.2. The van der Waals surface area contributed by atoms with Crippen molar-refractivity contribution in [1.82, 2.24) is 0 Å². The van der Waals surface area contributed by atoms with Gasteiger partial charge in [0, 0.05) is 11.1 Å². The van der Waals surface area contributed by atoms with Crippen LogP contribution in [0.5, 0.6) is 0 Å².